The molecule has 0 aliphatic carbocycles. The van der Waals surface area contributed by atoms with E-state index in [0.29, 0.717) is 0 Å². The molecule has 0 fully saturated rings. The third-order valence-corrected chi connectivity index (χ3v) is 3.55. The van der Waals surface area contributed by atoms with Crippen molar-refractivity contribution in [1.82, 2.24) is 5.32 Å². The number of amides is 1. The fraction of sp³-hybridized carbons (Fsp3) is 0.333. The van der Waals surface area contributed by atoms with Gasteiger partial charge in [0.1, 0.15) is 11.7 Å². The minimum Gasteiger partial charge on any atom is -0.350 e. The lowest BCUT2D eigenvalue weighted by molar-refractivity contribution is -0.131. The molecule has 0 radical (unpaired) electrons. The molecule has 2 aromatic carbocycles. The molecule has 3 heteroatoms. The molecule has 21 heavy (non-hydrogen) atoms. The maximum atomic E-state index is 12.6. The van der Waals surface area contributed by atoms with E-state index >= 15 is 0 Å². The van der Waals surface area contributed by atoms with E-state index in [1.807, 2.05) is 63.2 Å². The lowest BCUT2D eigenvalue weighted by Gasteiger charge is -2.29. The van der Waals surface area contributed by atoms with E-state index in [0.717, 1.165) is 22.6 Å². The van der Waals surface area contributed by atoms with Crippen molar-refractivity contribution in [3.05, 3.63) is 48.0 Å². The van der Waals surface area contributed by atoms with Crippen LogP contribution in [0.1, 0.15) is 33.3 Å². The van der Waals surface area contributed by atoms with Gasteiger partial charge in [0.25, 0.3) is 0 Å². The van der Waals surface area contributed by atoms with E-state index in [2.05, 4.69) is 5.32 Å². The van der Waals surface area contributed by atoms with Gasteiger partial charge in [0.15, 0.2) is 0 Å². The zero-order chi connectivity index (χ0) is 15.7. The van der Waals surface area contributed by atoms with Crippen molar-refractivity contribution >= 4 is 23.0 Å². The van der Waals surface area contributed by atoms with Crippen LogP contribution >= 0.6 is 0 Å². The molecule has 0 bridgehead atoms. The van der Waals surface area contributed by atoms with Crippen molar-refractivity contribution in [3.8, 4) is 0 Å². The first-order valence-corrected chi connectivity index (χ1v) is 7.05. The Balaban J connectivity index is 2.58. The molecule has 110 valence electrons. The Hall–Kier alpha value is -2.16. The number of nitrogens with one attached hydrogen (secondary N) is 1. The molecule has 1 atom stereocenters. The molecule has 0 saturated heterocycles. The van der Waals surface area contributed by atoms with Gasteiger partial charge < -0.3 is 10.1 Å². The van der Waals surface area contributed by atoms with E-state index < -0.39 is 5.41 Å². The zero-order valence-corrected chi connectivity index (χ0v) is 12.9. The maximum absolute atomic E-state index is 12.6. The summed E-state index contributed by atoms with van der Waals surface area (Å²) in [5.41, 5.74) is -0.850. The van der Waals surface area contributed by atoms with Gasteiger partial charge in [0.05, 0.1) is 0 Å². The Labute approximate surface area is 125 Å². The zero-order valence-electron chi connectivity index (χ0n) is 12.9. The summed E-state index contributed by atoms with van der Waals surface area (Å²) in [6, 6.07) is 13.5. The molecule has 0 aromatic heterocycles. The van der Waals surface area contributed by atoms with Crippen LogP contribution in [0.15, 0.2) is 42.5 Å². The van der Waals surface area contributed by atoms with Crippen molar-refractivity contribution < 1.29 is 9.59 Å². The van der Waals surface area contributed by atoms with Gasteiger partial charge in [-0.05, 0) is 44.0 Å². The number of aldehydes is 1. The summed E-state index contributed by atoms with van der Waals surface area (Å²) in [5, 5.41) is 4.85. The molecule has 2 rings (SSSR count). The second kappa shape index (κ2) is 5.32. The Morgan fingerprint density at radius 3 is 2.24 bits per heavy atom. The standard InChI is InChI=1S/C18H21NO2/c1-17(2,3)19-16(21)18(4,12-20)15-11-7-9-13-8-5-6-10-14(13)15/h5-12H,1-4H3,(H,19,21). The first-order chi connectivity index (χ1) is 9.78. The van der Waals surface area contributed by atoms with Crippen LogP contribution in [0.4, 0.5) is 0 Å². The average molecular weight is 283 g/mol. The monoisotopic (exact) mass is 283 g/mol. The molecule has 0 aliphatic heterocycles. The first kappa shape index (κ1) is 15.2. The SMILES string of the molecule is CC(C)(C)NC(=O)C(C)(C=O)c1cccc2ccccc12. The summed E-state index contributed by atoms with van der Waals surface area (Å²) in [6.07, 6.45) is 0.732. The van der Waals surface area contributed by atoms with Crippen LogP contribution in [0.3, 0.4) is 0 Å². The largest absolute Gasteiger partial charge is 0.350 e. The number of hydrogen-bond acceptors (Lipinski definition) is 2. The molecule has 1 N–H and O–H groups in total. The normalized spacial score (nSPS) is 14.5. The molecule has 0 heterocycles. The summed E-state index contributed by atoms with van der Waals surface area (Å²) in [7, 11) is 0. The number of fused-ring (bicyclic) bond motifs is 1. The predicted molar refractivity (Wildman–Crippen MR) is 85.3 cm³/mol. The Kier molecular flexibility index (Phi) is 3.86. The minimum absolute atomic E-state index is 0.277. The number of rotatable bonds is 3. The smallest absolute Gasteiger partial charge is 0.238 e. The van der Waals surface area contributed by atoms with Gasteiger partial charge >= 0.3 is 0 Å². The summed E-state index contributed by atoms with van der Waals surface area (Å²) in [4.78, 5) is 24.4. The van der Waals surface area contributed by atoms with Gasteiger partial charge in [-0.25, -0.2) is 0 Å². The van der Waals surface area contributed by atoms with E-state index in [1.54, 1.807) is 6.92 Å². The van der Waals surface area contributed by atoms with Crippen molar-refractivity contribution in [3.63, 3.8) is 0 Å². The highest BCUT2D eigenvalue weighted by Crippen LogP contribution is 2.30. The summed E-state index contributed by atoms with van der Waals surface area (Å²) >= 11 is 0. The Morgan fingerprint density at radius 1 is 1.00 bits per heavy atom. The predicted octanol–water partition coefficient (Wildman–Crippen LogP) is 3.21. The maximum Gasteiger partial charge on any atom is 0.238 e. The molecule has 1 unspecified atom stereocenters. The summed E-state index contributed by atoms with van der Waals surface area (Å²) < 4.78 is 0. The Morgan fingerprint density at radius 2 is 1.62 bits per heavy atom. The summed E-state index contributed by atoms with van der Waals surface area (Å²) in [6.45, 7) is 7.38. The second-order valence-corrected chi connectivity index (χ2v) is 6.55. The van der Waals surface area contributed by atoms with Gasteiger partial charge in [-0.2, -0.15) is 0 Å². The van der Waals surface area contributed by atoms with Crippen molar-refractivity contribution in [2.75, 3.05) is 0 Å². The fourth-order valence-corrected chi connectivity index (χ4v) is 2.39. The van der Waals surface area contributed by atoms with Gasteiger partial charge in [-0.15, -0.1) is 0 Å². The fourth-order valence-electron chi connectivity index (χ4n) is 2.39. The quantitative estimate of drug-likeness (QED) is 0.694. The molecule has 2 aromatic rings. The van der Waals surface area contributed by atoms with Crippen LogP contribution in [0.25, 0.3) is 10.8 Å². The molecule has 0 aliphatic rings. The Bertz CT molecular complexity index is 680. The first-order valence-electron chi connectivity index (χ1n) is 7.05. The molecular formula is C18H21NO2. The number of carbonyl (C=O) groups is 2. The van der Waals surface area contributed by atoms with Crippen LogP contribution in [0.5, 0.6) is 0 Å². The highest BCUT2D eigenvalue weighted by Gasteiger charge is 2.37. The lowest BCUT2D eigenvalue weighted by Crippen LogP contribution is -2.50. The topological polar surface area (TPSA) is 46.2 Å². The number of carbonyl (C=O) groups excluding carboxylic acids is 2. The van der Waals surface area contributed by atoms with Crippen LogP contribution in [0, 0.1) is 0 Å². The minimum atomic E-state index is -1.20. The van der Waals surface area contributed by atoms with E-state index in [9.17, 15) is 9.59 Å². The molecule has 0 spiro atoms. The summed E-state index contributed by atoms with van der Waals surface area (Å²) in [5.74, 6) is -0.277. The molecular weight excluding hydrogens is 262 g/mol. The average Bonchev–Trinajstić information content (AvgIpc) is 2.44. The van der Waals surface area contributed by atoms with Crippen LogP contribution in [0.2, 0.25) is 0 Å². The highest BCUT2D eigenvalue weighted by molar-refractivity contribution is 6.06. The second-order valence-electron chi connectivity index (χ2n) is 6.55. The van der Waals surface area contributed by atoms with Crippen LogP contribution in [-0.2, 0) is 15.0 Å². The molecule has 1 amide bonds. The van der Waals surface area contributed by atoms with E-state index in [1.165, 1.54) is 0 Å². The van der Waals surface area contributed by atoms with Crippen molar-refractivity contribution in [2.45, 2.75) is 38.6 Å². The van der Waals surface area contributed by atoms with Gasteiger partial charge in [-0.1, -0.05) is 42.5 Å². The van der Waals surface area contributed by atoms with E-state index in [4.69, 9.17) is 0 Å². The number of benzene rings is 2. The van der Waals surface area contributed by atoms with Gasteiger partial charge in [0.2, 0.25) is 5.91 Å². The van der Waals surface area contributed by atoms with Crippen LogP contribution in [-0.4, -0.2) is 17.7 Å². The highest BCUT2D eigenvalue weighted by atomic mass is 16.2. The van der Waals surface area contributed by atoms with Crippen molar-refractivity contribution in [1.29, 1.82) is 0 Å². The van der Waals surface area contributed by atoms with Gasteiger partial charge in [0, 0.05) is 5.54 Å². The molecule has 3 nitrogen and oxygen atoms in total. The van der Waals surface area contributed by atoms with Crippen LogP contribution < -0.4 is 5.32 Å². The molecule has 0 saturated carbocycles. The number of hydrogen-bond donors (Lipinski definition) is 1. The van der Waals surface area contributed by atoms with Gasteiger partial charge in [-0.3, -0.25) is 4.79 Å². The third kappa shape index (κ3) is 2.97. The third-order valence-electron chi connectivity index (χ3n) is 3.55. The van der Waals surface area contributed by atoms with Crippen molar-refractivity contribution in [2.24, 2.45) is 0 Å². The van der Waals surface area contributed by atoms with E-state index in [-0.39, 0.29) is 11.4 Å². The lowest BCUT2D eigenvalue weighted by atomic mass is 9.80.